The molecule has 234 valence electrons. The van der Waals surface area contributed by atoms with Crippen LogP contribution in [0.1, 0.15) is 51.7 Å². The molecule has 1 atom stereocenters. The van der Waals surface area contributed by atoms with E-state index in [0.29, 0.717) is 26.3 Å². The van der Waals surface area contributed by atoms with Crippen molar-refractivity contribution in [2.75, 3.05) is 44.3 Å². The van der Waals surface area contributed by atoms with E-state index < -0.39 is 11.8 Å². The number of carbonyl (C=O) groups excluding carboxylic acids is 1. The Balaban J connectivity index is 1.11. The van der Waals surface area contributed by atoms with E-state index in [1.165, 1.54) is 0 Å². The normalized spacial score (nSPS) is 18.9. The molecule has 0 aliphatic carbocycles. The topological polar surface area (TPSA) is 92.5 Å². The molecule has 2 aromatic carbocycles. The highest BCUT2D eigenvalue weighted by atomic mass is 16.6. The number of anilines is 1. The number of piperidine rings is 1. The zero-order valence-corrected chi connectivity index (χ0v) is 26.1. The third-order valence-corrected chi connectivity index (χ3v) is 8.48. The molecular formula is C34H43N5O5. The summed E-state index contributed by atoms with van der Waals surface area (Å²) in [4.78, 5) is 24.0. The van der Waals surface area contributed by atoms with Gasteiger partial charge in [0.15, 0.2) is 11.5 Å². The van der Waals surface area contributed by atoms with Crippen LogP contribution in [0.15, 0.2) is 61.2 Å². The Labute approximate surface area is 259 Å². The SMILES string of the molecule is CC1=CC(O)N(CCN2CCC(N(Cc3ccc4c(c3)OCCO4)C(=O)OC(C)(C)C)CC2)c2cc(-n3ccnc3)ccc21. The van der Waals surface area contributed by atoms with Crippen molar-refractivity contribution >= 4 is 17.4 Å². The smallest absolute Gasteiger partial charge is 0.410 e. The zero-order valence-electron chi connectivity index (χ0n) is 26.1. The van der Waals surface area contributed by atoms with E-state index in [9.17, 15) is 9.90 Å². The van der Waals surface area contributed by atoms with Crippen LogP contribution in [0.2, 0.25) is 0 Å². The summed E-state index contributed by atoms with van der Waals surface area (Å²) in [7, 11) is 0. The summed E-state index contributed by atoms with van der Waals surface area (Å²) in [6, 6.07) is 12.3. The van der Waals surface area contributed by atoms with Crippen molar-refractivity contribution in [3.63, 3.8) is 0 Å². The van der Waals surface area contributed by atoms with Crippen LogP contribution in [0.4, 0.5) is 10.5 Å². The van der Waals surface area contributed by atoms with Crippen molar-refractivity contribution in [2.24, 2.45) is 0 Å². The predicted molar refractivity (Wildman–Crippen MR) is 169 cm³/mol. The number of amides is 1. The number of imidazole rings is 1. The molecular weight excluding hydrogens is 558 g/mol. The number of ether oxygens (including phenoxy) is 3. The van der Waals surface area contributed by atoms with Gasteiger partial charge in [-0.1, -0.05) is 12.1 Å². The first-order valence-electron chi connectivity index (χ1n) is 15.5. The van der Waals surface area contributed by atoms with E-state index in [4.69, 9.17) is 14.2 Å². The van der Waals surface area contributed by atoms with Crippen LogP contribution in [-0.2, 0) is 11.3 Å². The van der Waals surface area contributed by atoms with Gasteiger partial charge in [0.2, 0.25) is 0 Å². The first kappa shape index (κ1) is 30.0. The van der Waals surface area contributed by atoms with E-state index in [-0.39, 0.29) is 12.1 Å². The monoisotopic (exact) mass is 601 g/mol. The molecule has 3 aliphatic heterocycles. The minimum Gasteiger partial charge on any atom is -0.486 e. The first-order chi connectivity index (χ1) is 21.1. The second kappa shape index (κ2) is 12.5. The number of fused-ring (bicyclic) bond motifs is 2. The van der Waals surface area contributed by atoms with Gasteiger partial charge in [-0.05, 0) is 82.0 Å². The summed E-state index contributed by atoms with van der Waals surface area (Å²) >= 11 is 0. The van der Waals surface area contributed by atoms with Gasteiger partial charge in [-0.3, -0.25) is 0 Å². The van der Waals surface area contributed by atoms with E-state index in [1.54, 1.807) is 12.5 Å². The molecule has 1 N–H and O–H groups in total. The average Bonchev–Trinajstić information content (AvgIpc) is 3.54. The number of allylic oxidation sites excluding steroid dienone is 1. The summed E-state index contributed by atoms with van der Waals surface area (Å²) in [6.07, 6.45) is 8.09. The number of hydrogen-bond donors (Lipinski definition) is 1. The van der Waals surface area contributed by atoms with Gasteiger partial charge in [-0.15, -0.1) is 0 Å². The van der Waals surface area contributed by atoms with Gasteiger partial charge in [-0.2, -0.15) is 0 Å². The van der Waals surface area contributed by atoms with Crippen molar-refractivity contribution in [1.82, 2.24) is 19.4 Å². The van der Waals surface area contributed by atoms with Crippen molar-refractivity contribution in [2.45, 2.75) is 65.0 Å². The Hall–Kier alpha value is -4.02. The van der Waals surface area contributed by atoms with E-state index in [0.717, 1.165) is 72.0 Å². The lowest BCUT2D eigenvalue weighted by Crippen LogP contribution is -2.50. The maximum Gasteiger partial charge on any atom is 0.410 e. The van der Waals surface area contributed by atoms with Gasteiger partial charge >= 0.3 is 6.09 Å². The molecule has 1 fully saturated rings. The quantitative estimate of drug-likeness (QED) is 0.401. The molecule has 1 amide bonds. The predicted octanol–water partition coefficient (Wildman–Crippen LogP) is 5.09. The van der Waals surface area contributed by atoms with Gasteiger partial charge in [-0.25, -0.2) is 9.78 Å². The van der Waals surface area contributed by atoms with Crippen LogP contribution in [0.3, 0.4) is 0 Å². The Kier molecular flexibility index (Phi) is 8.55. The van der Waals surface area contributed by atoms with Crippen LogP contribution in [0.5, 0.6) is 11.5 Å². The van der Waals surface area contributed by atoms with Crippen molar-refractivity contribution < 1.29 is 24.1 Å². The summed E-state index contributed by atoms with van der Waals surface area (Å²) < 4.78 is 19.3. The molecule has 0 bridgehead atoms. The second-order valence-corrected chi connectivity index (χ2v) is 12.8. The molecule has 3 aromatic rings. The third kappa shape index (κ3) is 6.71. The Morgan fingerprint density at radius 1 is 1.07 bits per heavy atom. The summed E-state index contributed by atoms with van der Waals surface area (Å²) in [5.74, 6) is 1.46. The molecule has 1 aromatic heterocycles. The van der Waals surface area contributed by atoms with Gasteiger partial charge in [0.25, 0.3) is 0 Å². The number of carbonyl (C=O) groups is 1. The number of aliphatic hydroxyl groups excluding tert-OH is 1. The number of benzene rings is 2. The number of hydrogen-bond acceptors (Lipinski definition) is 8. The fourth-order valence-electron chi connectivity index (χ4n) is 6.21. The number of rotatable bonds is 7. The number of aromatic nitrogens is 2. The first-order valence-corrected chi connectivity index (χ1v) is 15.5. The third-order valence-electron chi connectivity index (χ3n) is 8.48. The Morgan fingerprint density at radius 2 is 1.84 bits per heavy atom. The van der Waals surface area contributed by atoms with Gasteiger partial charge < -0.3 is 38.6 Å². The Bertz CT molecular complexity index is 1490. The molecule has 6 rings (SSSR count). The van der Waals surface area contributed by atoms with Gasteiger partial charge in [0.05, 0.1) is 6.33 Å². The lowest BCUT2D eigenvalue weighted by atomic mass is 9.98. The molecule has 1 unspecified atom stereocenters. The molecule has 0 radical (unpaired) electrons. The van der Waals surface area contributed by atoms with Crippen molar-refractivity contribution in [3.8, 4) is 17.2 Å². The van der Waals surface area contributed by atoms with Gasteiger partial charge in [0.1, 0.15) is 25.0 Å². The highest BCUT2D eigenvalue weighted by Crippen LogP contribution is 2.36. The summed E-state index contributed by atoms with van der Waals surface area (Å²) in [6.45, 7) is 12.4. The van der Waals surface area contributed by atoms with Crippen LogP contribution in [0.25, 0.3) is 11.3 Å². The van der Waals surface area contributed by atoms with E-state index >= 15 is 0 Å². The number of likely N-dealkylation sites (tertiary alicyclic amines) is 1. The lowest BCUT2D eigenvalue weighted by molar-refractivity contribution is 0.00579. The van der Waals surface area contributed by atoms with Crippen molar-refractivity contribution in [1.29, 1.82) is 0 Å². The van der Waals surface area contributed by atoms with Gasteiger partial charge in [0, 0.05) is 68.1 Å². The van der Waals surface area contributed by atoms with E-state index in [2.05, 4.69) is 33.0 Å². The Morgan fingerprint density at radius 3 is 2.57 bits per heavy atom. The lowest BCUT2D eigenvalue weighted by Gasteiger charge is -2.40. The molecule has 0 saturated carbocycles. The minimum atomic E-state index is -0.688. The summed E-state index contributed by atoms with van der Waals surface area (Å²) in [5, 5.41) is 11.1. The van der Waals surface area contributed by atoms with E-state index in [1.807, 2.05) is 67.6 Å². The maximum atomic E-state index is 13.4. The highest BCUT2D eigenvalue weighted by Gasteiger charge is 2.32. The minimum absolute atomic E-state index is 0.0546. The fraction of sp³-hybridized carbons (Fsp3) is 0.471. The van der Waals surface area contributed by atoms with Crippen molar-refractivity contribution in [3.05, 3.63) is 72.3 Å². The molecule has 44 heavy (non-hydrogen) atoms. The maximum absolute atomic E-state index is 13.4. The van der Waals surface area contributed by atoms with Crippen LogP contribution >= 0.6 is 0 Å². The number of nitrogens with zero attached hydrogens (tertiary/aromatic N) is 5. The molecule has 4 heterocycles. The highest BCUT2D eigenvalue weighted by molar-refractivity contribution is 5.81. The van der Waals surface area contributed by atoms with Crippen LogP contribution in [-0.4, -0.2) is 87.8 Å². The molecule has 10 nitrogen and oxygen atoms in total. The number of aliphatic hydroxyl groups is 1. The molecule has 0 spiro atoms. The molecule has 3 aliphatic rings. The molecule has 10 heteroatoms. The largest absolute Gasteiger partial charge is 0.486 e. The fourth-order valence-corrected chi connectivity index (χ4v) is 6.21. The average molecular weight is 602 g/mol. The standard InChI is InChI=1S/C34H43N5O5/c1-24-19-32(40)38(29-21-27(6-7-28(24)29)37-14-11-35-23-37)16-15-36-12-9-26(10-13-36)39(33(41)44-34(2,3)4)22-25-5-8-30-31(20-25)43-18-17-42-30/h5-8,11,14,19-21,23,26,32,40H,9-10,12-13,15-18,22H2,1-4H3. The second-order valence-electron chi connectivity index (χ2n) is 12.8. The summed E-state index contributed by atoms with van der Waals surface area (Å²) in [5.41, 5.74) is 4.63. The van der Waals surface area contributed by atoms with Crippen LogP contribution < -0.4 is 14.4 Å². The van der Waals surface area contributed by atoms with Crippen LogP contribution in [0, 0.1) is 0 Å². The zero-order chi connectivity index (χ0) is 30.8. The molecule has 1 saturated heterocycles.